The van der Waals surface area contributed by atoms with Gasteiger partial charge in [-0.05, 0) is 63.8 Å². The van der Waals surface area contributed by atoms with Crippen LogP contribution in [0.4, 0.5) is 5.69 Å². The molecule has 3 nitrogen and oxygen atoms in total. The van der Waals surface area contributed by atoms with Gasteiger partial charge in [0.1, 0.15) is 5.75 Å². The number of anilines is 1. The van der Waals surface area contributed by atoms with Gasteiger partial charge in [-0.3, -0.25) is 0 Å². The largest absolute Gasteiger partial charge is 0.489 e. The molecule has 0 spiro atoms. The molecular formula is C17H28N2O. The third-order valence-corrected chi connectivity index (χ3v) is 3.87. The summed E-state index contributed by atoms with van der Waals surface area (Å²) < 4.78 is 5.66. The fourth-order valence-electron chi connectivity index (χ4n) is 2.84. The van der Waals surface area contributed by atoms with E-state index >= 15 is 0 Å². The summed E-state index contributed by atoms with van der Waals surface area (Å²) in [5.74, 6) is 0.799. The second-order valence-electron chi connectivity index (χ2n) is 6.08. The zero-order valence-corrected chi connectivity index (χ0v) is 12.8. The van der Waals surface area contributed by atoms with Gasteiger partial charge in [-0.15, -0.1) is 0 Å². The molecule has 20 heavy (non-hydrogen) atoms. The van der Waals surface area contributed by atoms with E-state index < -0.39 is 0 Å². The molecule has 2 rings (SSSR count). The summed E-state index contributed by atoms with van der Waals surface area (Å²) in [6, 6.07) is 6.94. The highest BCUT2D eigenvalue weighted by atomic mass is 16.5. The fourth-order valence-corrected chi connectivity index (χ4v) is 2.84. The number of aryl methyl sites for hydroxylation is 1. The Balaban J connectivity index is 1.73. The van der Waals surface area contributed by atoms with Crippen LogP contribution in [-0.2, 0) is 6.42 Å². The highest BCUT2D eigenvalue weighted by Gasteiger charge is 2.13. The van der Waals surface area contributed by atoms with E-state index in [1.165, 1.54) is 37.7 Å². The highest BCUT2D eigenvalue weighted by Crippen LogP contribution is 2.24. The second kappa shape index (κ2) is 7.53. The molecule has 112 valence electrons. The summed E-state index contributed by atoms with van der Waals surface area (Å²) >= 11 is 0. The van der Waals surface area contributed by atoms with Crippen LogP contribution >= 0.6 is 0 Å². The van der Waals surface area contributed by atoms with Crippen molar-refractivity contribution in [3.63, 3.8) is 0 Å². The molecule has 0 atom stereocenters. The van der Waals surface area contributed by atoms with E-state index in [-0.39, 0.29) is 6.10 Å². The Morgan fingerprint density at radius 3 is 2.70 bits per heavy atom. The van der Waals surface area contributed by atoms with Crippen molar-refractivity contribution in [3.05, 3.63) is 23.8 Å². The lowest BCUT2D eigenvalue weighted by Crippen LogP contribution is -2.27. The summed E-state index contributed by atoms with van der Waals surface area (Å²) in [5.41, 5.74) is 8.08. The molecular weight excluding hydrogens is 248 g/mol. The molecule has 1 aliphatic rings. The Hall–Kier alpha value is -1.22. The minimum absolute atomic E-state index is 0.166. The summed E-state index contributed by atoms with van der Waals surface area (Å²) in [4.78, 5) is 0. The number of rotatable bonds is 7. The van der Waals surface area contributed by atoms with E-state index in [4.69, 9.17) is 10.5 Å². The molecule has 0 bridgehead atoms. The average molecular weight is 276 g/mol. The molecule has 3 heteroatoms. The van der Waals surface area contributed by atoms with E-state index in [2.05, 4.69) is 11.4 Å². The third kappa shape index (κ3) is 4.71. The van der Waals surface area contributed by atoms with Crippen molar-refractivity contribution in [1.82, 2.24) is 5.32 Å². The van der Waals surface area contributed by atoms with Crippen LogP contribution in [0.25, 0.3) is 0 Å². The van der Waals surface area contributed by atoms with Crippen LogP contribution in [0.3, 0.4) is 0 Å². The Labute approximate surface area is 122 Å². The van der Waals surface area contributed by atoms with Gasteiger partial charge < -0.3 is 15.8 Å². The molecule has 1 aromatic rings. The minimum Gasteiger partial charge on any atom is -0.489 e. The van der Waals surface area contributed by atoms with Crippen molar-refractivity contribution in [2.75, 3.05) is 12.3 Å². The highest BCUT2D eigenvalue weighted by molar-refractivity contribution is 5.54. The number of nitrogen functional groups attached to an aromatic ring is 1. The van der Waals surface area contributed by atoms with Gasteiger partial charge in [-0.25, -0.2) is 0 Å². The molecule has 1 aliphatic carbocycles. The first-order valence-corrected chi connectivity index (χ1v) is 7.93. The SMILES string of the molecule is CC(C)Oc1ccc(CCCNC2CCCC2)cc1N. The van der Waals surface area contributed by atoms with Gasteiger partial charge in [-0.2, -0.15) is 0 Å². The van der Waals surface area contributed by atoms with E-state index in [1.54, 1.807) is 0 Å². The van der Waals surface area contributed by atoms with Crippen LogP contribution < -0.4 is 15.8 Å². The molecule has 3 N–H and O–H groups in total. The molecule has 1 aromatic carbocycles. The van der Waals surface area contributed by atoms with Gasteiger partial charge in [0.15, 0.2) is 0 Å². The molecule has 0 heterocycles. The van der Waals surface area contributed by atoms with Gasteiger partial charge in [0.2, 0.25) is 0 Å². The second-order valence-corrected chi connectivity index (χ2v) is 6.08. The normalized spacial score (nSPS) is 15.9. The maximum atomic E-state index is 6.03. The zero-order valence-electron chi connectivity index (χ0n) is 12.8. The summed E-state index contributed by atoms with van der Waals surface area (Å²) in [6.45, 7) is 5.14. The Morgan fingerprint density at radius 1 is 1.30 bits per heavy atom. The van der Waals surface area contributed by atoms with Crippen molar-refractivity contribution < 1.29 is 4.74 Å². The number of hydrogen-bond donors (Lipinski definition) is 2. The number of nitrogens with one attached hydrogen (secondary N) is 1. The van der Waals surface area contributed by atoms with E-state index in [1.807, 2.05) is 26.0 Å². The third-order valence-electron chi connectivity index (χ3n) is 3.87. The number of nitrogens with two attached hydrogens (primary N) is 1. The Bertz CT molecular complexity index is 411. The smallest absolute Gasteiger partial charge is 0.142 e. The zero-order chi connectivity index (χ0) is 14.4. The first-order chi connectivity index (χ1) is 9.65. The number of ether oxygens (including phenoxy) is 1. The van der Waals surface area contributed by atoms with Gasteiger partial charge in [0, 0.05) is 6.04 Å². The van der Waals surface area contributed by atoms with Crippen molar-refractivity contribution in [2.45, 2.75) is 64.5 Å². The van der Waals surface area contributed by atoms with Crippen molar-refractivity contribution in [1.29, 1.82) is 0 Å². The van der Waals surface area contributed by atoms with E-state index in [0.717, 1.165) is 30.4 Å². The topological polar surface area (TPSA) is 47.3 Å². The molecule has 0 saturated heterocycles. The van der Waals surface area contributed by atoms with Crippen LogP contribution in [0.15, 0.2) is 18.2 Å². The maximum absolute atomic E-state index is 6.03. The number of hydrogen-bond acceptors (Lipinski definition) is 3. The molecule has 0 aliphatic heterocycles. The molecule has 1 fully saturated rings. The average Bonchev–Trinajstić information content (AvgIpc) is 2.90. The van der Waals surface area contributed by atoms with Crippen LogP contribution in [-0.4, -0.2) is 18.7 Å². The summed E-state index contributed by atoms with van der Waals surface area (Å²) in [7, 11) is 0. The molecule has 0 amide bonds. The van der Waals surface area contributed by atoms with Crippen LogP contribution in [0.5, 0.6) is 5.75 Å². The predicted octanol–water partition coefficient (Wildman–Crippen LogP) is 3.52. The van der Waals surface area contributed by atoms with Crippen LogP contribution in [0.1, 0.15) is 51.5 Å². The van der Waals surface area contributed by atoms with Crippen molar-refractivity contribution in [3.8, 4) is 5.75 Å². The Kier molecular flexibility index (Phi) is 5.72. The number of benzene rings is 1. The van der Waals surface area contributed by atoms with Gasteiger partial charge in [0.05, 0.1) is 11.8 Å². The minimum atomic E-state index is 0.166. The molecule has 0 radical (unpaired) electrons. The van der Waals surface area contributed by atoms with Gasteiger partial charge in [0.25, 0.3) is 0 Å². The summed E-state index contributed by atoms with van der Waals surface area (Å²) in [5, 5.41) is 3.65. The molecule has 1 saturated carbocycles. The standard InChI is InChI=1S/C17H28N2O/c1-13(2)20-17-10-9-14(12-16(17)18)6-5-11-19-15-7-3-4-8-15/h9-10,12-13,15,19H,3-8,11,18H2,1-2H3. The first-order valence-electron chi connectivity index (χ1n) is 7.93. The fraction of sp³-hybridized carbons (Fsp3) is 0.647. The van der Waals surface area contributed by atoms with Crippen molar-refractivity contribution >= 4 is 5.69 Å². The van der Waals surface area contributed by atoms with E-state index in [0.29, 0.717) is 0 Å². The quantitative estimate of drug-likeness (QED) is 0.591. The summed E-state index contributed by atoms with van der Waals surface area (Å²) in [6.07, 6.45) is 7.91. The Morgan fingerprint density at radius 2 is 2.05 bits per heavy atom. The molecule has 0 unspecified atom stereocenters. The predicted molar refractivity (Wildman–Crippen MR) is 85.2 cm³/mol. The van der Waals surface area contributed by atoms with Crippen molar-refractivity contribution in [2.24, 2.45) is 0 Å². The van der Waals surface area contributed by atoms with Crippen LogP contribution in [0.2, 0.25) is 0 Å². The lowest BCUT2D eigenvalue weighted by atomic mass is 10.1. The monoisotopic (exact) mass is 276 g/mol. The lowest BCUT2D eigenvalue weighted by Gasteiger charge is -2.14. The van der Waals surface area contributed by atoms with Crippen LogP contribution in [0, 0.1) is 0 Å². The van der Waals surface area contributed by atoms with Gasteiger partial charge >= 0.3 is 0 Å². The van der Waals surface area contributed by atoms with E-state index in [9.17, 15) is 0 Å². The molecule has 0 aromatic heterocycles. The lowest BCUT2D eigenvalue weighted by molar-refractivity contribution is 0.244. The van der Waals surface area contributed by atoms with Gasteiger partial charge in [-0.1, -0.05) is 18.9 Å². The maximum Gasteiger partial charge on any atom is 0.142 e. The first kappa shape index (κ1) is 15.2.